The lowest BCUT2D eigenvalue weighted by atomic mass is 10.1. The van der Waals surface area contributed by atoms with Gasteiger partial charge in [-0.15, -0.1) is 0 Å². The highest BCUT2D eigenvalue weighted by Gasteiger charge is 2.13. The zero-order valence-electron chi connectivity index (χ0n) is 12.1. The largest absolute Gasteiger partial charge is 0.491 e. The van der Waals surface area contributed by atoms with Gasteiger partial charge in [-0.2, -0.15) is 0 Å². The van der Waals surface area contributed by atoms with E-state index in [4.69, 9.17) is 4.74 Å². The average molecular weight is 259 g/mol. The van der Waals surface area contributed by atoms with E-state index in [9.17, 15) is 4.79 Å². The molecule has 0 fully saturated rings. The van der Waals surface area contributed by atoms with Crippen LogP contribution in [0.5, 0.6) is 5.75 Å². The Morgan fingerprint density at radius 2 is 2.11 bits per heavy atom. The number of carbonyl (C=O) groups excluding carboxylic acids is 1. The maximum Gasteiger partial charge on any atom is 0.152 e. The van der Waals surface area contributed by atoms with Crippen molar-refractivity contribution in [3.05, 3.63) is 29.5 Å². The average Bonchev–Trinajstić information content (AvgIpc) is 2.68. The second kappa shape index (κ2) is 5.47. The van der Waals surface area contributed by atoms with Gasteiger partial charge in [-0.05, 0) is 45.4 Å². The van der Waals surface area contributed by atoms with Crippen molar-refractivity contribution in [3.8, 4) is 5.75 Å². The van der Waals surface area contributed by atoms with Gasteiger partial charge in [0.05, 0.1) is 6.10 Å². The molecule has 1 heterocycles. The Bertz CT molecular complexity index is 598. The third kappa shape index (κ3) is 2.37. The molecule has 0 bridgehead atoms. The number of hydrogen-bond donors (Lipinski definition) is 0. The molecule has 102 valence electrons. The van der Waals surface area contributed by atoms with Crippen molar-refractivity contribution in [1.82, 2.24) is 4.57 Å². The minimum absolute atomic E-state index is 0.187. The molecule has 0 amide bonds. The number of aryl methyl sites for hydroxylation is 1. The summed E-state index contributed by atoms with van der Waals surface area (Å²) in [4.78, 5) is 11.3. The molecule has 19 heavy (non-hydrogen) atoms. The molecule has 0 aliphatic heterocycles. The number of aromatic nitrogens is 1. The van der Waals surface area contributed by atoms with Gasteiger partial charge in [0.15, 0.2) is 6.29 Å². The van der Waals surface area contributed by atoms with Crippen LogP contribution < -0.4 is 4.74 Å². The van der Waals surface area contributed by atoms with E-state index in [0.717, 1.165) is 47.2 Å². The first kappa shape index (κ1) is 13.7. The van der Waals surface area contributed by atoms with Crippen molar-refractivity contribution in [2.75, 3.05) is 0 Å². The van der Waals surface area contributed by atoms with Crippen LogP contribution in [0.2, 0.25) is 0 Å². The highest BCUT2D eigenvalue weighted by Crippen LogP contribution is 2.28. The molecule has 3 heteroatoms. The normalized spacial score (nSPS) is 12.6. The molecule has 0 unspecified atom stereocenters. The standard InChI is InChI=1S/C16H21NO2/c1-5-11(3)19-13-7-8-16-14(9-13)15(10-18)12(4)17(16)6-2/h7-11H,5-6H2,1-4H3/t11-/m1/s1. The fourth-order valence-corrected chi connectivity index (χ4v) is 2.43. The number of nitrogens with zero attached hydrogens (tertiary/aromatic N) is 1. The molecule has 1 atom stereocenters. The Morgan fingerprint density at radius 3 is 2.68 bits per heavy atom. The summed E-state index contributed by atoms with van der Waals surface area (Å²) in [5, 5.41) is 0.982. The summed E-state index contributed by atoms with van der Waals surface area (Å²) in [7, 11) is 0. The van der Waals surface area contributed by atoms with E-state index >= 15 is 0 Å². The molecule has 3 nitrogen and oxygen atoms in total. The Balaban J connectivity index is 2.55. The fraction of sp³-hybridized carbons (Fsp3) is 0.438. The van der Waals surface area contributed by atoms with Gasteiger partial charge >= 0.3 is 0 Å². The van der Waals surface area contributed by atoms with Gasteiger partial charge in [-0.1, -0.05) is 6.92 Å². The van der Waals surface area contributed by atoms with Crippen molar-refractivity contribution in [1.29, 1.82) is 0 Å². The van der Waals surface area contributed by atoms with Gasteiger partial charge < -0.3 is 9.30 Å². The van der Waals surface area contributed by atoms with E-state index in [0.29, 0.717) is 0 Å². The van der Waals surface area contributed by atoms with E-state index in [1.165, 1.54) is 0 Å². The molecule has 0 aliphatic rings. The van der Waals surface area contributed by atoms with Crippen LogP contribution in [0.25, 0.3) is 10.9 Å². The van der Waals surface area contributed by atoms with E-state index in [1.807, 2.05) is 32.0 Å². The lowest BCUT2D eigenvalue weighted by molar-refractivity contribution is 0.112. The van der Waals surface area contributed by atoms with Crippen LogP contribution >= 0.6 is 0 Å². The third-order valence-electron chi connectivity index (χ3n) is 3.69. The predicted molar refractivity (Wildman–Crippen MR) is 78.1 cm³/mol. The van der Waals surface area contributed by atoms with Crippen LogP contribution in [0, 0.1) is 6.92 Å². The second-order valence-electron chi connectivity index (χ2n) is 4.88. The number of aldehydes is 1. The van der Waals surface area contributed by atoms with Crippen molar-refractivity contribution in [2.24, 2.45) is 0 Å². The molecule has 1 aromatic carbocycles. The summed E-state index contributed by atoms with van der Waals surface area (Å²) in [6.45, 7) is 9.08. The van der Waals surface area contributed by atoms with E-state index < -0.39 is 0 Å². The molecule has 1 aromatic heterocycles. The number of rotatable bonds is 5. The topological polar surface area (TPSA) is 31.2 Å². The van der Waals surface area contributed by atoms with E-state index in [1.54, 1.807) is 0 Å². The van der Waals surface area contributed by atoms with Crippen LogP contribution in [0.1, 0.15) is 43.2 Å². The Morgan fingerprint density at radius 1 is 1.37 bits per heavy atom. The van der Waals surface area contributed by atoms with Crippen LogP contribution in [0.15, 0.2) is 18.2 Å². The van der Waals surface area contributed by atoms with Crippen molar-refractivity contribution in [3.63, 3.8) is 0 Å². The molecule has 0 aliphatic carbocycles. The minimum Gasteiger partial charge on any atom is -0.491 e. The second-order valence-corrected chi connectivity index (χ2v) is 4.88. The number of benzene rings is 1. The molecule has 0 spiro atoms. The lowest BCUT2D eigenvalue weighted by Gasteiger charge is -2.12. The number of fused-ring (bicyclic) bond motifs is 1. The van der Waals surface area contributed by atoms with Gasteiger partial charge in [0.1, 0.15) is 5.75 Å². The molecular weight excluding hydrogens is 238 g/mol. The van der Waals surface area contributed by atoms with Crippen LogP contribution in [-0.4, -0.2) is 17.0 Å². The van der Waals surface area contributed by atoms with Crippen LogP contribution in [0.4, 0.5) is 0 Å². The van der Waals surface area contributed by atoms with Gasteiger partial charge in [-0.25, -0.2) is 0 Å². The first-order valence-corrected chi connectivity index (χ1v) is 6.87. The Kier molecular flexibility index (Phi) is 3.93. The summed E-state index contributed by atoms with van der Waals surface area (Å²) in [5.74, 6) is 0.832. The van der Waals surface area contributed by atoms with Crippen LogP contribution in [0.3, 0.4) is 0 Å². The van der Waals surface area contributed by atoms with E-state index in [-0.39, 0.29) is 6.10 Å². The first-order valence-electron chi connectivity index (χ1n) is 6.87. The summed E-state index contributed by atoms with van der Waals surface area (Å²) < 4.78 is 7.99. The molecule has 0 radical (unpaired) electrons. The Hall–Kier alpha value is -1.77. The smallest absolute Gasteiger partial charge is 0.152 e. The maximum absolute atomic E-state index is 11.3. The van der Waals surface area contributed by atoms with Crippen molar-refractivity contribution < 1.29 is 9.53 Å². The highest BCUT2D eigenvalue weighted by molar-refractivity contribution is 6.00. The maximum atomic E-state index is 11.3. The molecule has 0 N–H and O–H groups in total. The molecule has 2 rings (SSSR count). The van der Waals surface area contributed by atoms with Gasteiger partial charge in [0.25, 0.3) is 0 Å². The molecule has 2 aromatic rings. The van der Waals surface area contributed by atoms with Gasteiger partial charge in [0, 0.05) is 28.7 Å². The minimum atomic E-state index is 0.187. The SMILES string of the molecule is CC[C@@H](C)Oc1ccc2c(c1)c(C=O)c(C)n2CC. The zero-order chi connectivity index (χ0) is 14.0. The first-order chi connectivity index (χ1) is 9.12. The summed E-state index contributed by atoms with van der Waals surface area (Å²) >= 11 is 0. The van der Waals surface area contributed by atoms with Crippen molar-refractivity contribution >= 4 is 17.2 Å². The number of ether oxygens (including phenoxy) is 1. The summed E-state index contributed by atoms with van der Waals surface area (Å²) in [5.41, 5.74) is 2.89. The van der Waals surface area contributed by atoms with E-state index in [2.05, 4.69) is 18.4 Å². The quantitative estimate of drug-likeness (QED) is 0.761. The third-order valence-corrected chi connectivity index (χ3v) is 3.69. The molecule has 0 saturated carbocycles. The van der Waals surface area contributed by atoms with Crippen LogP contribution in [-0.2, 0) is 6.54 Å². The lowest BCUT2D eigenvalue weighted by Crippen LogP contribution is -2.09. The zero-order valence-corrected chi connectivity index (χ0v) is 12.1. The summed E-state index contributed by atoms with van der Waals surface area (Å²) in [6, 6.07) is 6.00. The number of carbonyl (C=O) groups is 1. The van der Waals surface area contributed by atoms with Gasteiger partial charge in [-0.3, -0.25) is 4.79 Å². The predicted octanol–water partition coefficient (Wildman–Crippen LogP) is 3.96. The molecule has 0 saturated heterocycles. The Labute approximate surface area is 114 Å². The highest BCUT2D eigenvalue weighted by atomic mass is 16.5. The molecular formula is C16H21NO2. The van der Waals surface area contributed by atoms with Gasteiger partial charge in [0.2, 0.25) is 0 Å². The van der Waals surface area contributed by atoms with Crippen molar-refractivity contribution in [2.45, 2.75) is 46.8 Å². The summed E-state index contributed by atoms with van der Waals surface area (Å²) in [6.07, 6.45) is 2.09. The monoisotopic (exact) mass is 259 g/mol. The fourth-order valence-electron chi connectivity index (χ4n) is 2.43. The number of hydrogen-bond acceptors (Lipinski definition) is 2.